The van der Waals surface area contributed by atoms with E-state index < -0.39 is 0 Å². The number of ether oxygens (including phenoxy) is 1. The second-order valence-electron chi connectivity index (χ2n) is 6.27. The van der Waals surface area contributed by atoms with Crippen LogP contribution in [0.25, 0.3) is 0 Å². The smallest absolute Gasteiger partial charge is 0.320 e. The number of nitrogen functional groups attached to an aromatic ring is 1. The standard InChI is InChI=1S/C20H29N5O2/c1-4-25(5-2)12-6-10-23-20(26)24-19-14-17(9-11-22-19)27-18-8-7-16(21)13-15(18)3/h7-9,11,13-14H,4-6,10,12,21H2,1-3H3,(H2,22,23,24,26). The normalized spacial score (nSPS) is 10.7. The van der Waals surface area contributed by atoms with Gasteiger partial charge >= 0.3 is 6.03 Å². The van der Waals surface area contributed by atoms with Gasteiger partial charge in [-0.05, 0) is 62.8 Å². The van der Waals surface area contributed by atoms with Crippen molar-refractivity contribution >= 4 is 17.5 Å². The number of aryl methyl sites for hydroxylation is 1. The minimum atomic E-state index is -0.275. The van der Waals surface area contributed by atoms with Crippen LogP contribution in [-0.4, -0.2) is 42.1 Å². The van der Waals surface area contributed by atoms with E-state index in [-0.39, 0.29) is 6.03 Å². The molecule has 7 nitrogen and oxygen atoms in total. The van der Waals surface area contributed by atoms with Crippen LogP contribution in [0.2, 0.25) is 0 Å². The van der Waals surface area contributed by atoms with Gasteiger partial charge in [0.05, 0.1) is 0 Å². The maximum absolute atomic E-state index is 12.0. The number of carbonyl (C=O) groups excluding carboxylic acids is 1. The van der Waals surface area contributed by atoms with E-state index in [1.807, 2.05) is 19.1 Å². The summed E-state index contributed by atoms with van der Waals surface area (Å²) in [7, 11) is 0. The first-order valence-electron chi connectivity index (χ1n) is 9.29. The third-order valence-corrected chi connectivity index (χ3v) is 4.23. The molecule has 2 amide bonds. The molecule has 2 aromatic rings. The quantitative estimate of drug-likeness (QED) is 0.462. The number of nitrogens with two attached hydrogens (primary N) is 1. The van der Waals surface area contributed by atoms with Crippen molar-refractivity contribution in [3.63, 3.8) is 0 Å². The molecule has 0 aliphatic carbocycles. The summed E-state index contributed by atoms with van der Waals surface area (Å²) in [4.78, 5) is 18.5. The summed E-state index contributed by atoms with van der Waals surface area (Å²) in [5, 5.41) is 5.58. The SMILES string of the molecule is CCN(CC)CCCNC(=O)Nc1cc(Oc2ccc(N)cc2C)ccn1. The number of carbonyl (C=O) groups is 1. The summed E-state index contributed by atoms with van der Waals surface area (Å²) in [6.45, 7) is 9.82. The molecule has 0 aliphatic rings. The van der Waals surface area contributed by atoms with Gasteiger partial charge in [-0.15, -0.1) is 0 Å². The molecule has 0 atom stereocenters. The Labute approximate surface area is 160 Å². The highest BCUT2D eigenvalue weighted by molar-refractivity contribution is 5.88. The Morgan fingerprint density at radius 1 is 1.22 bits per heavy atom. The number of rotatable bonds is 9. The molecule has 27 heavy (non-hydrogen) atoms. The number of benzene rings is 1. The van der Waals surface area contributed by atoms with E-state index in [0.717, 1.165) is 31.6 Å². The Morgan fingerprint density at radius 3 is 2.70 bits per heavy atom. The van der Waals surface area contributed by atoms with Gasteiger partial charge in [-0.2, -0.15) is 0 Å². The Hall–Kier alpha value is -2.80. The number of pyridine rings is 1. The van der Waals surface area contributed by atoms with Crippen LogP contribution in [0.15, 0.2) is 36.5 Å². The van der Waals surface area contributed by atoms with Crippen molar-refractivity contribution in [2.75, 3.05) is 37.2 Å². The summed E-state index contributed by atoms with van der Waals surface area (Å²) in [6, 6.07) is 8.60. The number of aromatic nitrogens is 1. The van der Waals surface area contributed by atoms with Crippen LogP contribution >= 0.6 is 0 Å². The Morgan fingerprint density at radius 2 is 2.00 bits per heavy atom. The molecule has 1 aromatic carbocycles. The number of anilines is 2. The molecule has 146 valence electrons. The highest BCUT2D eigenvalue weighted by atomic mass is 16.5. The van der Waals surface area contributed by atoms with Gasteiger partial charge in [0, 0.05) is 24.5 Å². The summed E-state index contributed by atoms with van der Waals surface area (Å²) >= 11 is 0. The van der Waals surface area contributed by atoms with Gasteiger partial charge in [-0.3, -0.25) is 5.32 Å². The Balaban J connectivity index is 1.85. The number of hydrogen-bond acceptors (Lipinski definition) is 5. The molecule has 0 bridgehead atoms. The second kappa shape index (κ2) is 10.4. The lowest BCUT2D eigenvalue weighted by Crippen LogP contribution is -2.32. The number of urea groups is 1. The molecule has 1 aromatic heterocycles. The van der Waals surface area contributed by atoms with Gasteiger partial charge in [0.25, 0.3) is 0 Å². The van der Waals surface area contributed by atoms with E-state index in [4.69, 9.17) is 10.5 Å². The van der Waals surface area contributed by atoms with Gasteiger partial charge < -0.3 is 20.7 Å². The molecule has 0 saturated heterocycles. The van der Waals surface area contributed by atoms with Crippen molar-refractivity contribution in [3.8, 4) is 11.5 Å². The van der Waals surface area contributed by atoms with Crippen LogP contribution in [0.3, 0.4) is 0 Å². The van der Waals surface area contributed by atoms with E-state index in [1.165, 1.54) is 0 Å². The van der Waals surface area contributed by atoms with Crippen LogP contribution in [0, 0.1) is 6.92 Å². The third-order valence-electron chi connectivity index (χ3n) is 4.23. The van der Waals surface area contributed by atoms with E-state index in [9.17, 15) is 4.79 Å². The first-order chi connectivity index (χ1) is 13.0. The van der Waals surface area contributed by atoms with Crippen molar-refractivity contribution in [2.24, 2.45) is 0 Å². The maximum atomic E-state index is 12.0. The molecule has 7 heteroatoms. The molecule has 4 N–H and O–H groups in total. The molecule has 0 fully saturated rings. The Kier molecular flexibility index (Phi) is 7.88. The van der Waals surface area contributed by atoms with Gasteiger partial charge in [0.15, 0.2) is 0 Å². The summed E-state index contributed by atoms with van der Waals surface area (Å²) in [5.74, 6) is 1.73. The molecule has 0 unspecified atom stereocenters. The highest BCUT2D eigenvalue weighted by Crippen LogP contribution is 2.27. The van der Waals surface area contributed by atoms with Crippen LogP contribution in [-0.2, 0) is 0 Å². The molecule has 0 saturated carbocycles. The second-order valence-corrected chi connectivity index (χ2v) is 6.27. The van der Waals surface area contributed by atoms with Crippen LogP contribution in [0.1, 0.15) is 25.8 Å². The number of hydrogen-bond donors (Lipinski definition) is 3. The minimum Gasteiger partial charge on any atom is -0.457 e. The molecule has 0 aliphatic heterocycles. The van der Waals surface area contributed by atoms with Crippen LogP contribution < -0.4 is 21.1 Å². The minimum absolute atomic E-state index is 0.275. The average molecular weight is 371 g/mol. The lowest BCUT2D eigenvalue weighted by atomic mass is 10.2. The average Bonchev–Trinajstić information content (AvgIpc) is 2.64. The summed E-state index contributed by atoms with van der Waals surface area (Å²) in [6.07, 6.45) is 2.50. The first kappa shape index (κ1) is 20.5. The number of nitrogens with zero attached hydrogens (tertiary/aromatic N) is 2. The van der Waals surface area contributed by atoms with E-state index in [2.05, 4.69) is 34.4 Å². The van der Waals surface area contributed by atoms with Crippen molar-refractivity contribution in [1.82, 2.24) is 15.2 Å². The third kappa shape index (κ3) is 6.79. The molecule has 1 heterocycles. The fourth-order valence-corrected chi connectivity index (χ4v) is 2.66. The first-order valence-corrected chi connectivity index (χ1v) is 9.29. The van der Waals surface area contributed by atoms with Crippen molar-refractivity contribution in [3.05, 3.63) is 42.1 Å². The maximum Gasteiger partial charge on any atom is 0.320 e. The molecule has 0 radical (unpaired) electrons. The van der Waals surface area contributed by atoms with Crippen LogP contribution in [0.5, 0.6) is 11.5 Å². The monoisotopic (exact) mass is 371 g/mol. The zero-order valence-corrected chi connectivity index (χ0v) is 16.3. The van der Waals surface area contributed by atoms with Crippen molar-refractivity contribution in [2.45, 2.75) is 27.2 Å². The lowest BCUT2D eigenvalue weighted by molar-refractivity contribution is 0.250. The molecular formula is C20H29N5O2. The fourth-order valence-electron chi connectivity index (χ4n) is 2.66. The summed E-state index contributed by atoms with van der Waals surface area (Å²) < 4.78 is 5.86. The topological polar surface area (TPSA) is 92.5 Å². The van der Waals surface area contributed by atoms with Crippen molar-refractivity contribution < 1.29 is 9.53 Å². The van der Waals surface area contributed by atoms with Gasteiger partial charge in [0.2, 0.25) is 0 Å². The van der Waals surface area contributed by atoms with E-state index >= 15 is 0 Å². The predicted molar refractivity (Wildman–Crippen MR) is 109 cm³/mol. The summed E-state index contributed by atoms with van der Waals surface area (Å²) in [5.41, 5.74) is 7.39. The number of nitrogens with one attached hydrogen (secondary N) is 2. The zero-order chi connectivity index (χ0) is 19.6. The van der Waals surface area contributed by atoms with Gasteiger partial charge in [-0.25, -0.2) is 9.78 Å². The van der Waals surface area contributed by atoms with Gasteiger partial charge in [-0.1, -0.05) is 13.8 Å². The molecular weight excluding hydrogens is 342 g/mol. The van der Waals surface area contributed by atoms with Crippen LogP contribution in [0.4, 0.5) is 16.3 Å². The van der Waals surface area contributed by atoms with E-state index in [1.54, 1.807) is 24.4 Å². The predicted octanol–water partition coefficient (Wildman–Crippen LogP) is 3.62. The Bertz CT molecular complexity index is 747. The van der Waals surface area contributed by atoms with E-state index in [0.29, 0.717) is 29.5 Å². The largest absolute Gasteiger partial charge is 0.457 e. The molecule has 0 spiro atoms. The molecule has 2 rings (SSSR count). The number of amides is 2. The zero-order valence-electron chi connectivity index (χ0n) is 16.3. The lowest BCUT2D eigenvalue weighted by Gasteiger charge is -2.17. The van der Waals surface area contributed by atoms with Gasteiger partial charge in [0.1, 0.15) is 17.3 Å². The fraction of sp³-hybridized carbons (Fsp3) is 0.400. The van der Waals surface area contributed by atoms with Crippen molar-refractivity contribution in [1.29, 1.82) is 0 Å². The highest BCUT2D eigenvalue weighted by Gasteiger charge is 2.06.